The molecule has 1 aromatic carbocycles. The zero-order chi connectivity index (χ0) is 14.0. The lowest BCUT2D eigenvalue weighted by Gasteiger charge is -2.07. The monoisotopic (exact) mass is 261 g/mol. The highest BCUT2D eigenvalue weighted by Gasteiger charge is 2.10. The number of carboxylic acid groups (broad SMARTS) is 1. The average molecular weight is 261 g/mol. The number of rotatable bonds is 3. The second kappa shape index (κ2) is 5.06. The number of aromatic nitrogens is 1. The van der Waals surface area contributed by atoms with Crippen molar-refractivity contribution in [3.8, 4) is 0 Å². The van der Waals surface area contributed by atoms with E-state index in [2.05, 4.69) is 0 Å². The maximum atomic E-state index is 13.5. The van der Waals surface area contributed by atoms with Crippen LogP contribution in [0, 0.1) is 12.7 Å². The van der Waals surface area contributed by atoms with Crippen LogP contribution in [0.1, 0.15) is 21.5 Å². The van der Waals surface area contributed by atoms with E-state index in [4.69, 9.17) is 5.11 Å². The molecule has 0 saturated carbocycles. The first-order valence-electron chi connectivity index (χ1n) is 5.67. The molecule has 2 aromatic rings. The minimum atomic E-state index is -1.31. The van der Waals surface area contributed by atoms with Crippen molar-refractivity contribution in [2.24, 2.45) is 0 Å². The molecule has 0 spiro atoms. The van der Waals surface area contributed by atoms with Gasteiger partial charge in [-0.15, -0.1) is 0 Å². The number of hydrogen-bond donors (Lipinski definition) is 1. The van der Waals surface area contributed by atoms with Crippen molar-refractivity contribution in [3.63, 3.8) is 0 Å². The SMILES string of the molecule is Cc1cccn(Cc2ccc(C(=O)O)c(F)c2)c1=O. The van der Waals surface area contributed by atoms with Gasteiger partial charge in [-0.3, -0.25) is 4.79 Å². The van der Waals surface area contributed by atoms with Gasteiger partial charge in [0.15, 0.2) is 0 Å². The predicted octanol–water partition coefficient (Wildman–Crippen LogP) is 2.04. The summed E-state index contributed by atoms with van der Waals surface area (Å²) in [6.07, 6.45) is 1.61. The highest BCUT2D eigenvalue weighted by molar-refractivity contribution is 5.87. The lowest BCUT2D eigenvalue weighted by molar-refractivity contribution is 0.0692. The first-order chi connectivity index (χ1) is 8.99. The average Bonchev–Trinajstić information content (AvgIpc) is 2.34. The summed E-state index contributed by atoms with van der Waals surface area (Å²) in [5.74, 6) is -2.11. The quantitative estimate of drug-likeness (QED) is 0.919. The van der Waals surface area contributed by atoms with Crippen LogP contribution in [-0.4, -0.2) is 15.6 Å². The molecule has 0 unspecified atom stereocenters. The molecule has 19 heavy (non-hydrogen) atoms. The van der Waals surface area contributed by atoms with Crippen molar-refractivity contribution < 1.29 is 14.3 Å². The Morgan fingerprint density at radius 1 is 1.37 bits per heavy atom. The number of aryl methyl sites for hydroxylation is 1. The number of pyridine rings is 1. The van der Waals surface area contributed by atoms with Crippen molar-refractivity contribution in [1.29, 1.82) is 0 Å². The van der Waals surface area contributed by atoms with Crippen molar-refractivity contribution in [2.45, 2.75) is 13.5 Å². The fourth-order valence-electron chi connectivity index (χ4n) is 1.81. The van der Waals surface area contributed by atoms with E-state index >= 15 is 0 Å². The zero-order valence-corrected chi connectivity index (χ0v) is 10.3. The standard InChI is InChI=1S/C14H12FNO3/c1-9-3-2-6-16(13(9)17)8-10-4-5-11(14(18)19)12(15)7-10/h2-7H,8H2,1H3,(H,18,19). The summed E-state index contributed by atoms with van der Waals surface area (Å²) in [6, 6.07) is 7.28. The van der Waals surface area contributed by atoms with Crippen LogP contribution in [0.4, 0.5) is 4.39 Å². The maximum absolute atomic E-state index is 13.5. The van der Waals surface area contributed by atoms with E-state index in [1.807, 2.05) is 0 Å². The molecule has 0 fully saturated rings. The summed E-state index contributed by atoms with van der Waals surface area (Å²) in [6.45, 7) is 1.91. The van der Waals surface area contributed by atoms with Gasteiger partial charge < -0.3 is 9.67 Å². The Labute approximate surface area is 108 Å². The highest BCUT2D eigenvalue weighted by atomic mass is 19.1. The number of benzene rings is 1. The third kappa shape index (κ3) is 2.70. The van der Waals surface area contributed by atoms with Gasteiger partial charge in [0.1, 0.15) is 5.82 Å². The molecule has 0 aliphatic heterocycles. The largest absolute Gasteiger partial charge is 0.478 e. The lowest BCUT2D eigenvalue weighted by atomic mass is 10.1. The van der Waals surface area contributed by atoms with Crippen molar-refractivity contribution in [3.05, 3.63) is 69.4 Å². The van der Waals surface area contributed by atoms with Crippen LogP contribution in [0.5, 0.6) is 0 Å². The molecule has 1 heterocycles. The summed E-state index contributed by atoms with van der Waals surface area (Å²) < 4.78 is 15.0. The summed E-state index contributed by atoms with van der Waals surface area (Å²) in [5, 5.41) is 8.73. The van der Waals surface area contributed by atoms with Crippen LogP contribution in [0.25, 0.3) is 0 Å². The molecular weight excluding hydrogens is 249 g/mol. The maximum Gasteiger partial charge on any atom is 0.338 e. The Balaban J connectivity index is 2.34. The highest BCUT2D eigenvalue weighted by Crippen LogP contribution is 2.11. The number of carboxylic acids is 1. The molecule has 4 nitrogen and oxygen atoms in total. The van der Waals surface area contributed by atoms with E-state index in [1.54, 1.807) is 25.3 Å². The topological polar surface area (TPSA) is 59.3 Å². The third-order valence-electron chi connectivity index (χ3n) is 2.83. The normalized spacial score (nSPS) is 10.4. The van der Waals surface area contributed by atoms with Crippen LogP contribution in [0.3, 0.4) is 0 Å². The molecule has 0 aliphatic rings. The molecule has 0 radical (unpaired) electrons. The van der Waals surface area contributed by atoms with Crippen LogP contribution in [0.15, 0.2) is 41.3 Å². The van der Waals surface area contributed by atoms with Gasteiger partial charge in [0.25, 0.3) is 5.56 Å². The molecule has 1 N–H and O–H groups in total. The van der Waals surface area contributed by atoms with Crippen LogP contribution >= 0.6 is 0 Å². The Bertz CT molecular complexity index is 691. The van der Waals surface area contributed by atoms with Crippen LogP contribution < -0.4 is 5.56 Å². The summed E-state index contributed by atoms with van der Waals surface area (Å²) in [5.41, 5.74) is 0.617. The molecule has 5 heteroatoms. The Morgan fingerprint density at radius 2 is 2.11 bits per heavy atom. The van der Waals surface area contributed by atoms with Crippen LogP contribution in [-0.2, 0) is 6.54 Å². The van der Waals surface area contributed by atoms with Crippen molar-refractivity contribution >= 4 is 5.97 Å². The number of carbonyl (C=O) groups is 1. The van der Waals surface area contributed by atoms with Gasteiger partial charge in [-0.2, -0.15) is 0 Å². The Morgan fingerprint density at radius 3 is 2.74 bits per heavy atom. The molecule has 0 bridgehead atoms. The van der Waals surface area contributed by atoms with E-state index in [0.29, 0.717) is 11.1 Å². The van der Waals surface area contributed by atoms with Crippen molar-refractivity contribution in [1.82, 2.24) is 4.57 Å². The van der Waals surface area contributed by atoms with Gasteiger partial charge in [0, 0.05) is 11.8 Å². The van der Waals surface area contributed by atoms with Gasteiger partial charge in [-0.05, 0) is 30.7 Å². The molecule has 0 saturated heterocycles. The second-order valence-electron chi connectivity index (χ2n) is 4.24. The smallest absolute Gasteiger partial charge is 0.338 e. The number of nitrogens with zero attached hydrogens (tertiary/aromatic N) is 1. The zero-order valence-electron chi connectivity index (χ0n) is 10.3. The summed E-state index contributed by atoms with van der Waals surface area (Å²) >= 11 is 0. The minimum Gasteiger partial charge on any atom is -0.478 e. The molecule has 2 rings (SSSR count). The lowest BCUT2D eigenvalue weighted by Crippen LogP contribution is -2.21. The molecule has 98 valence electrons. The van der Waals surface area contributed by atoms with E-state index in [-0.39, 0.29) is 17.7 Å². The molecule has 0 amide bonds. The van der Waals surface area contributed by atoms with Gasteiger partial charge >= 0.3 is 5.97 Å². The summed E-state index contributed by atoms with van der Waals surface area (Å²) in [7, 11) is 0. The second-order valence-corrected chi connectivity index (χ2v) is 4.24. The molecular formula is C14H12FNO3. The van der Waals surface area contributed by atoms with Gasteiger partial charge in [-0.1, -0.05) is 12.1 Å². The number of halogens is 1. The first-order valence-corrected chi connectivity index (χ1v) is 5.67. The fourth-order valence-corrected chi connectivity index (χ4v) is 1.81. The van der Waals surface area contributed by atoms with Gasteiger partial charge in [0.05, 0.1) is 12.1 Å². The fraction of sp³-hybridized carbons (Fsp3) is 0.143. The van der Waals surface area contributed by atoms with E-state index in [9.17, 15) is 14.0 Å². The van der Waals surface area contributed by atoms with E-state index < -0.39 is 11.8 Å². The van der Waals surface area contributed by atoms with E-state index in [0.717, 1.165) is 6.07 Å². The number of hydrogen-bond acceptors (Lipinski definition) is 2. The Kier molecular flexibility index (Phi) is 3.46. The van der Waals surface area contributed by atoms with E-state index in [1.165, 1.54) is 16.7 Å². The number of aromatic carboxylic acids is 1. The molecule has 0 aliphatic carbocycles. The van der Waals surface area contributed by atoms with Crippen molar-refractivity contribution in [2.75, 3.05) is 0 Å². The molecule has 0 atom stereocenters. The molecule has 1 aromatic heterocycles. The minimum absolute atomic E-state index is 0.148. The van der Waals surface area contributed by atoms with Gasteiger partial charge in [-0.25, -0.2) is 9.18 Å². The Hall–Kier alpha value is -2.43. The van der Waals surface area contributed by atoms with Crippen LogP contribution in [0.2, 0.25) is 0 Å². The first kappa shape index (κ1) is 13.0. The summed E-state index contributed by atoms with van der Waals surface area (Å²) in [4.78, 5) is 22.5. The van der Waals surface area contributed by atoms with Gasteiger partial charge in [0.2, 0.25) is 0 Å². The predicted molar refractivity (Wildman–Crippen MR) is 67.9 cm³/mol. The third-order valence-corrected chi connectivity index (χ3v) is 2.83.